The van der Waals surface area contributed by atoms with Crippen LogP contribution in [0.1, 0.15) is 0 Å². The van der Waals surface area contributed by atoms with E-state index in [0.717, 1.165) is 5.70 Å². The summed E-state index contributed by atoms with van der Waals surface area (Å²) in [4.78, 5) is 0. The Bertz CT molecular complexity index is 87.0. The molecular formula is C3H2ClF3Si. The molecule has 0 aromatic heterocycles. The molecule has 0 spiro atoms. The predicted octanol–water partition coefficient (Wildman–Crippen LogP) is 1.92. The second-order valence-electron chi connectivity index (χ2n) is 0.984. The van der Waals surface area contributed by atoms with Crippen LogP contribution < -0.4 is 0 Å². The van der Waals surface area contributed by atoms with Crippen molar-refractivity contribution in [1.29, 1.82) is 0 Å². The molecule has 5 heteroatoms. The van der Waals surface area contributed by atoms with Gasteiger partial charge in [-0.25, -0.2) is 0 Å². The molecule has 0 heterocycles. The Balaban J connectivity index is 3.52. The van der Waals surface area contributed by atoms with Crippen LogP contribution in [0.5, 0.6) is 0 Å². The van der Waals surface area contributed by atoms with E-state index in [1.807, 2.05) is 0 Å². The molecule has 0 atom stereocenters. The van der Waals surface area contributed by atoms with Crippen LogP contribution in [0.3, 0.4) is 0 Å². The average Bonchev–Trinajstić information content (AvgIpc) is 1.59. The van der Waals surface area contributed by atoms with Crippen LogP contribution in [0.2, 0.25) is 0 Å². The van der Waals surface area contributed by atoms with E-state index in [1.165, 1.54) is 0 Å². The number of hydrogen-bond donors (Lipinski definition) is 0. The van der Waals surface area contributed by atoms with Gasteiger partial charge in [0, 0.05) is 6.08 Å². The molecule has 0 N–H and O–H groups in total. The van der Waals surface area contributed by atoms with Gasteiger partial charge in [-0.1, -0.05) is 5.70 Å². The Morgan fingerprint density at radius 2 is 1.88 bits per heavy atom. The van der Waals surface area contributed by atoms with E-state index >= 15 is 0 Å². The van der Waals surface area contributed by atoms with Gasteiger partial charge >= 0.3 is 6.18 Å². The van der Waals surface area contributed by atoms with Gasteiger partial charge < -0.3 is 0 Å². The molecule has 8 heavy (non-hydrogen) atoms. The third kappa shape index (κ3) is 6.04. The predicted molar refractivity (Wildman–Crippen MR) is 26.8 cm³/mol. The molecule has 0 aliphatic heterocycles. The zero-order valence-corrected chi connectivity index (χ0v) is 5.42. The van der Waals surface area contributed by atoms with Gasteiger partial charge in [0.1, 0.15) is 0 Å². The number of alkyl halides is 3. The first-order chi connectivity index (χ1) is 3.56. The summed E-state index contributed by atoms with van der Waals surface area (Å²) in [5, 5.41) is 0. The molecular weight excluding hydrogens is 157 g/mol. The lowest BCUT2D eigenvalue weighted by Gasteiger charge is -1.93. The summed E-state index contributed by atoms with van der Waals surface area (Å²) in [5.41, 5.74) is 0.877. The number of allylic oxidation sites excluding steroid dienone is 1. The lowest BCUT2D eigenvalue weighted by molar-refractivity contribution is -0.0796. The van der Waals surface area contributed by atoms with E-state index in [1.54, 1.807) is 0 Å². The lowest BCUT2D eigenvalue weighted by Crippen LogP contribution is -2.00. The van der Waals surface area contributed by atoms with E-state index in [2.05, 4.69) is 0 Å². The molecule has 46 valence electrons. The normalized spacial score (nSPS) is 13.0. The van der Waals surface area contributed by atoms with Crippen LogP contribution >= 0.6 is 11.1 Å². The number of rotatable bonds is 1. The van der Waals surface area contributed by atoms with Crippen molar-refractivity contribution in [2.75, 3.05) is 0 Å². The van der Waals surface area contributed by atoms with Crippen molar-refractivity contribution in [2.45, 2.75) is 6.18 Å². The van der Waals surface area contributed by atoms with Gasteiger partial charge in [0.2, 0.25) is 8.83 Å². The SMILES string of the molecule is FC(F)(F)C=C[Si]Cl. The minimum atomic E-state index is -4.21. The molecule has 0 saturated heterocycles. The van der Waals surface area contributed by atoms with Gasteiger partial charge in [-0.15, -0.1) is 0 Å². The summed E-state index contributed by atoms with van der Waals surface area (Å²) in [6.07, 6.45) is -4.08. The standard InChI is InChI=1S/C3H2ClF3Si/c4-8-2-1-3(5,6)7/h1-2H. The molecule has 0 amide bonds. The van der Waals surface area contributed by atoms with Gasteiger partial charge in [-0.2, -0.15) is 24.3 Å². The molecule has 0 bridgehead atoms. The van der Waals surface area contributed by atoms with Gasteiger partial charge in [-0.3, -0.25) is 0 Å². The Labute approximate surface area is 51.9 Å². The van der Waals surface area contributed by atoms with Crippen LogP contribution in [-0.4, -0.2) is 15.0 Å². The Hall–Kier alpha value is 0.0369. The third-order valence-corrected chi connectivity index (χ3v) is 1.01. The maximum atomic E-state index is 11.1. The maximum absolute atomic E-state index is 11.1. The summed E-state index contributed by atoms with van der Waals surface area (Å²) in [6.45, 7) is 0. The van der Waals surface area contributed by atoms with Crippen molar-refractivity contribution < 1.29 is 13.2 Å². The van der Waals surface area contributed by atoms with E-state index in [0.29, 0.717) is 0 Å². The number of hydrogen-bond acceptors (Lipinski definition) is 0. The first-order valence-electron chi connectivity index (χ1n) is 1.67. The van der Waals surface area contributed by atoms with E-state index in [9.17, 15) is 13.2 Å². The Morgan fingerprint density at radius 1 is 1.38 bits per heavy atom. The zero-order valence-electron chi connectivity index (χ0n) is 3.67. The molecule has 0 nitrogen and oxygen atoms in total. The molecule has 2 radical (unpaired) electrons. The fraction of sp³-hybridized carbons (Fsp3) is 0.333. The minimum Gasteiger partial charge on any atom is -0.167 e. The summed E-state index contributed by atoms with van der Waals surface area (Å²) < 4.78 is 33.3. The molecule has 0 aromatic carbocycles. The second kappa shape index (κ2) is 3.14. The summed E-state index contributed by atoms with van der Waals surface area (Å²) >= 11 is 4.95. The van der Waals surface area contributed by atoms with Crippen LogP contribution in [0, 0.1) is 0 Å². The van der Waals surface area contributed by atoms with Crippen molar-refractivity contribution in [1.82, 2.24) is 0 Å². The van der Waals surface area contributed by atoms with E-state index in [-0.39, 0.29) is 14.9 Å². The molecule has 0 saturated carbocycles. The maximum Gasteiger partial charge on any atom is 0.409 e. The Morgan fingerprint density at radius 3 is 2.00 bits per heavy atom. The highest BCUT2D eigenvalue weighted by Gasteiger charge is 2.21. The van der Waals surface area contributed by atoms with Crippen molar-refractivity contribution in [3.63, 3.8) is 0 Å². The van der Waals surface area contributed by atoms with Gasteiger partial charge in [0.15, 0.2) is 0 Å². The minimum absolute atomic E-state index is 0.123. The fourth-order valence-electron chi connectivity index (χ4n) is 0.126. The largest absolute Gasteiger partial charge is 0.409 e. The lowest BCUT2D eigenvalue weighted by atomic mass is 10.6. The molecule has 0 rings (SSSR count). The van der Waals surface area contributed by atoms with Crippen LogP contribution in [0.15, 0.2) is 11.8 Å². The van der Waals surface area contributed by atoms with Crippen LogP contribution in [0.25, 0.3) is 0 Å². The van der Waals surface area contributed by atoms with Crippen LogP contribution in [-0.2, 0) is 0 Å². The number of halogens is 4. The second-order valence-corrected chi connectivity index (χ2v) is 2.19. The van der Waals surface area contributed by atoms with Crippen molar-refractivity contribution in [3.05, 3.63) is 11.8 Å². The fourth-order valence-corrected chi connectivity index (χ4v) is 0.567. The summed E-state index contributed by atoms with van der Waals surface area (Å²) in [6, 6.07) is 0. The zero-order chi connectivity index (χ0) is 6.62. The summed E-state index contributed by atoms with van der Waals surface area (Å²) in [7, 11) is -0.297. The first kappa shape index (κ1) is 8.04. The van der Waals surface area contributed by atoms with Crippen molar-refractivity contribution in [2.24, 2.45) is 0 Å². The topological polar surface area (TPSA) is 0 Å². The van der Waals surface area contributed by atoms with Gasteiger partial charge in [0.05, 0.1) is 0 Å². The highest BCUT2D eigenvalue weighted by Crippen LogP contribution is 2.15. The molecule has 0 aliphatic rings. The quantitative estimate of drug-likeness (QED) is 0.404. The van der Waals surface area contributed by atoms with Gasteiger partial charge in [-0.05, 0) is 0 Å². The molecule has 0 aromatic rings. The Kier molecular flexibility index (Phi) is 3.15. The molecule has 0 unspecified atom stereocenters. The highest BCUT2D eigenvalue weighted by molar-refractivity contribution is 6.96. The summed E-state index contributed by atoms with van der Waals surface area (Å²) in [5.74, 6) is 0. The highest BCUT2D eigenvalue weighted by atomic mass is 35.6. The van der Waals surface area contributed by atoms with Crippen LogP contribution in [0.4, 0.5) is 13.2 Å². The third-order valence-electron chi connectivity index (χ3n) is 0.335. The molecule has 0 fully saturated rings. The molecule has 0 aliphatic carbocycles. The average molecular weight is 159 g/mol. The first-order valence-corrected chi connectivity index (χ1v) is 3.76. The van der Waals surface area contributed by atoms with Crippen molar-refractivity contribution >= 4 is 19.9 Å². The van der Waals surface area contributed by atoms with Crippen molar-refractivity contribution in [3.8, 4) is 0 Å². The monoisotopic (exact) mass is 158 g/mol. The smallest absolute Gasteiger partial charge is 0.167 e. The van der Waals surface area contributed by atoms with E-state index in [4.69, 9.17) is 11.1 Å². The van der Waals surface area contributed by atoms with E-state index < -0.39 is 6.18 Å². The van der Waals surface area contributed by atoms with Gasteiger partial charge in [0.25, 0.3) is 0 Å².